The van der Waals surface area contributed by atoms with E-state index in [0.717, 1.165) is 27.9 Å². The van der Waals surface area contributed by atoms with Crippen LogP contribution >= 0.6 is 0 Å². The van der Waals surface area contributed by atoms with Crippen LogP contribution in [-0.4, -0.2) is 22.8 Å². The number of aliphatic carboxylic acids is 1. The van der Waals surface area contributed by atoms with E-state index in [1.165, 1.54) is 0 Å². The van der Waals surface area contributed by atoms with Crippen molar-refractivity contribution in [3.8, 4) is 5.75 Å². The van der Waals surface area contributed by atoms with E-state index in [-0.39, 0.29) is 6.42 Å². The van der Waals surface area contributed by atoms with Crippen LogP contribution in [0.5, 0.6) is 5.75 Å². The number of benzene rings is 1. The first-order chi connectivity index (χ1) is 8.54. The van der Waals surface area contributed by atoms with E-state index in [2.05, 4.69) is 4.57 Å². The van der Waals surface area contributed by atoms with Gasteiger partial charge in [0.05, 0.1) is 7.11 Å². The smallest absolute Gasteiger partial charge is 0.303 e. The summed E-state index contributed by atoms with van der Waals surface area (Å²) in [7, 11) is 3.63. The zero-order valence-electron chi connectivity index (χ0n) is 10.9. The predicted molar refractivity (Wildman–Crippen MR) is 70.2 cm³/mol. The van der Waals surface area contributed by atoms with Crippen molar-refractivity contribution >= 4 is 16.9 Å². The standard InChI is InChI=1S/C14H17NO3/c1-9-11(5-7-14(16)17)12-8-10(18-3)4-6-13(12)15(9)2/h4,6,8H,5,7H2,1-3H3,(H,16,17). The molecule has 0 saturated heterocycles. The molecule has 0 radical (unpaired) electrons. The summed E-state index contributed by atoms with van der Waals surface area (Å²) in [4.78, 5) is 10.7. The Bertz CT molecular complexity index is 599. The fourth-order valence-corrected chi connectivity index (χ4v) is 2.30. The van der Waals surface area contributed by atoms with Crippen molar-refractivity contribution < 1.29 is 14.6 Å². The summed E-state index contributed by atoms with van der Waals surface area (Å²) in [5.41, 5.74) is 3.31. The lowest BCUT2D eigenvalue weighted by atomic mass is 10.1. The van der Waals surface area contributed by atoms with Gasteiger partial charge in [-0.2, -0.15) is 0 Å². The molecule has 0 amide bonds. The molecule has 18 heavy (non-hydrogen) atoms. The number of carboxylic acid groups (broad SMARTS) is 1. The highest BCUT2D eigenvalue weighted by Gasteiger charge is 2.13. The van der Waals surface area contributed by atoms with Crippen LogP contribution in [0.4, 0.5) is 0 Å². The number of hydrogen-bond acceptors (Lipinski definition) is 2. The van der Waals surface area contributed by atoms with Gasteiger partial charge in [-0.25, -0.2) is 0 Å². The van der Waals surface area contributed by atoms with Gasteiger partial charge in [0.2, 0.25) is 0 Å². The number of aryl methyl sites for hydroxylation is 2. The third kappa shape index (κ3) is 2.06. The predicted octanol–water partition coefficient (Wildman–Crippen LogP) is 2.51. The Morgan fingerprint density at radius 1 is 1.44 bits per heavy atom. The van der Waals surface area contributed by atoms with E-state index in [1.807, 2.05) is 32.2 Å². The second-order valence-electron chi connectivity index (χ2n) is 4.40. The van der Waals surface area contributed by atoms with Crippen molar-refractivity contribution in [1.29, 1.82) is 0 Å². The Balaban J connectivity index is 2.55. The van der Waals surface area contributed by atoms with Gasteiger partial charge < -0.3 is 14.4 Å². The van der Waals surface area contributed by atoms with Crippen LogP contribution in [-0.2, 0) is 18.3 Å². The molecule has 0 bridgehead atoms. The number of ether oxygens (including phenoxy) is 1. The van der Waals surface area contributed by atoms with Gasteiger partial charge in [0.1, 0.15) is 5.75 Å². The Morgan fingerprint density at radius 3 is 2.78 bits per heavy atom. The quantitative estimate of drug-likeness (QED) is 0.903. The maximum atomic E-state index is 10.7. The second kappa shape index (κ2) is 4.72. The average molecular weight is 247 g/mol. The number of carbonyl (C=O) groups is 1. The lowest BCUT2D eigenvalue weighted by Gasteiger charge is -2.01. The van der Waals surface area contributed by atoms with Crippen molar-refractivity contribution in [1.82, 2.24) is 4.57 Å². The van der Waals surface area contributed by atoms with Crippen molar-refractivity contribution in [2.45, 2.75) is 19.8 Å². The van der Waals surface area contributed by atoms with Crippen LogP contribution in [0.3, 0.4) is 0 Å². The molecule has 0 aliphatic heterocycles. The third-order valence-corrected chi connectivity index (χ3v) is 3.42. The Labute approximate surface area is 106 Å². The first-order valence-electron chi connectivity index (χ1n) is 5.88. The summed E-state index contributed by atoms with van der Waals surface area (Å²) in [6.07, 6.45) is 0.697. The molecule has 0 atom stereocenters. The van der Waals surface area contributed by atoms with E-state index < -0.39 is 5.97 Å². The summed E-state index contributed by atoms with van der Waals surface area (Å²) in [6.45, 7) is 2.02. The highest BCUT2D eigenvalue weighted by molar-refractivity contribution is 5.87. The Hall–Kier alpha value is -1.97. The van der Waals surface area contributed by atoms with Gasteiger partial charge in [0.15, 0.2) is 0 Å². The monoisotopic (exact) mass is 247 g/mol. The number of aromatic nitrogens is 1. The van der Waals surface area contributed by atoms with Crippen LogP contribution in [0.1, 0.15) is 17.7 Å². The molecule has 0 aliphatic rings. The summed E-state index contributed by atoms with van der Waals surface area (Å²) in [6, 6.07) is 5.90. The minimum absolute atomic E-state index is 0.150. The first kappa shape index (κ1) is 12.5. The van der Waals surface area contributed by atoms with Crippen LogP contribution in [0.15, 0.2) is 18.2 Å². The number of fused-ring (bicyclic) bond motifs is 1. The first-order valence-corrected chi connectivity index (χ1v) is 5.88. The molecule has 1 heterocycles. The summed E-state index contributed by atoms with van der Waals surface area (Å²) < 4.78 is 7.32. The number of hydrogen-bond donors (Lipinski definition) is 1. The molecule has 0 unspecified atom stereocenters. The molecule has 0 aliphatic carbocycles. The van der Waals surface area contributed by atoms with Crippen LogP contribution in [0.25, 0.3) is 10.9 Å². The third-order valence-electron chi connectivity index (χ3n) is 3.42. The van der Waals surface area contributed by atoms with Gasteiger partial charge in [0, 0.05) is 30.1 Å². The lowest BCUT2D eigenvalue weighted by Crippen LogP contribution is -1.99. The van der Waals surface area contributed by atoms with Gasteiger partial charge in [-0.3, -0.25) is 4.79 Å². The van der Waals surface area contributed by atoms with Gasteiger partial charge in [-0.1, -0.05) is 0 Å². The normalized spacial score (nSPS) is 10.8. The lowest BCUT2D eigenvalue weighted by molar-refractivity contribution is -0.136. The van der Waals surface area contributed by atoms with Crippen LogP contribution in [0, 0.1) is 6.92 Å². The SMILES string of the molecule is COc1ccc2c(c1)c(CCC(=O)O)c(C)n2C. The summed E-state index contributed by atoms with van der Waals surface area (Å²) in [5.74, 6) is 0.0268. The second-order valence-corrected chi connectivity index (χ2v) is 4.40. The molecule has 2 aromatic rings. The van der Waals surface area contributed by atoms with Gasteiger partial charge in [0.25, 0.3) is 0 Å². The van der Waals surface area contributed by atoms with E-state index in [9.17, 15) is 4.79 Å². The highest BCUT2D eigenvalue weighted by atomic mass is 16.5. The molecule has 1 aromatic heterocycles. The molecule has 96 valence electrons. The molecule has 1 N–H and O–H groups in total. The number of rotatable bonds is 4. The van der Waals surface area contributed by atoms with Gasteiger partial charge >= 0.3 is 5.97 Å². The highest BCUT2D eigenvalue weighted by Crippen LogP contribution is 2.29. The van der Waals surface area contributed by atoms with Crippen molar-refractivity contribution in [3.05, 3.63) is 29.5 Å². The van der Waals surface area contributed by atoms with Gasteiger partial charge in [-0.15, -0.1) is 0 Å². The Kier molecular flexibility index (Phi) is 3.28. The van der Waals surface area contributed by atoms with E-state index >= 15 is 0 Å². The summed E-state index contributed by atoms with van der Waals surface area (Å²) in [5, 5.41) is 9.89. The maximum absolute atomic E-state index is 10.7. The number of nitrogens with zero attached hydrogens (tertiary/aromatic N) is 1. The molecule has 0 saturated carbocycles. The van der Waals surface area contributed by atoms with E-state index in [0.29, 0.717) is 6.42 Å². The topological polar surface area (TPSA) is 51.5 Å². The van der Waals surface area contributed by atoms with Gasteiger partial charge in [-0.05, 0) is 37.1 Å². The van der Waals surface area contributed by atoms with Crippen LogP contribution < -0.4 is 4.74 Å². The van der Waals surface area contributed by atoms with E-state index in [1.54, 1.807) is 7.11 Å². The Morgan fingerprint density at radius 2 is 2.17 bits per heavy atom. The molecule has 4 nitrogen and oxygen atoms in total. The zero-order valence-corrected chi connectivity index (χ0v) is 10.9. The fourth-order valence-electron chi connectivity index (χ4n) is 2.30. The maximum Gasteiger partial charge on any atom is 0.303 e. The molecular weight excluding hydrogens is 230 g/mol. The van der Waals surface area contributed by atoms with E-state index in [4.69, 9.17) is 9.84 Å². The average Bonchev–Trinajstić information content (AvgIpc) is 2.59. The molecule has 4 heteroatoms. The summed E-state index contributed by atoms with van der Waals surface area (Å²) >= 11 is 0. The van der Waals surface area contributed by atoms with Crippen molar-refractivity contribution in [3.63, 3.8) is 0 Å². The fraction of sp³-hybridized carbons (Fsp3) is 0.357. The molecule has 2 rings (SSSR count). The minimum atomic E-state index is -0.769. The molecule has 0 spiro atoms. The molecule has 1 aromatic carbocycles. The minimum Gasteiger partial charge on any atom is -0.497 e. The molecular formula is C14H17NO3. The largest absolute Gasteiger partial charge is 0.497 e. The number of methoxy groups -OCH3 is 1. The van der Waals surface area contributed by atoms with Crippen molar-refractivity contribution in [2.24, 2.45) is 7.05 Å². The number of carboxylic acids is 1. The van der Waals surface area contributed by atoms with Crippen LogP contribution in [0.2, 0.25) is 0 Å². The molecule has 0 fully saturated rings. The van der Waals surface area contributed by atoms with Crippen molar-refractivity contribution in [2.75, 3.05) is 7.11 Å². The zero-order chi connectivity index (χ0) is 13.3.